The van der Waals surface area contributed by atoms with Crippen molar-refractivity contribution in [2.45, 2.75) is 18.9 Å². The number of hydrogen-bond donors (Lipinski definition) is 1. The molecule has 0 spiro atoms. The lowest BCUT2D eigenvalue weighted by Crippen LogP contribution is -2.44. The summed E-state index contributed by atoms with van der Waals surface area (Å²) < 4.78 is 46.1. The monoisotopic (exact) mass is 379 g/mol. The SMILES string of the molecule is NC(=O)c1cc(OC2CCCN(C(=O)c3ccc(F)c(F)c3F)C2)ccn1. The van der Waals surface area contributed by atoms with Crippen LogP contribution in [0.3, 0.4) is 0 Å². The number of carbonyl (C=O) groups excluding carboxylic acids is 2. The number of carbonyl (C=O) groups is 2. The first-order valence-corrected chi connectivity index (χ1v) is 8.22. The van der Waals surface area contributed by atoms with Crippen molar-refractivity contribution in [1.82, 2.24) is 9.88 Å². The highest BCUT2D eigenvalue weighted by Crippen LogP contribution is 2.22. The molecule has 0 bridgehead atoms. The summed E-state index contributed by atoms with van der Waals surface area (Å²) in [4.78, 5) is 28.8. The Bertz CT molecular complexity index is 891. The molecular weight excluding hydrogens is 363 g/mol. The zero-order valence-electron chi connectivity index (χ0n) is 14.1. The number of piperidine rings is 1. The first kappa shape index (κ1) is 18.7. The van der Waals surface area contributed by atoms with Crippen LogP contribution in [-0.4, -0.2) is 40.9 Å². The fourth-order valence-electron chi connectivity index (χ4n) is 2.89. The van der Waals surface area contributed by atoms with Crippen LogP contribution in [0.25, 0.3) is 0 Å². The van der Waals surface area contributed by atoms with Crippen molar-refractivity contribution in [2.75, 3.05) is 13.1 Å². The standard InChI is InChI=1S/C18H16F3N3O3/c19-13-4-3-12(15(20)16(13)21)18(26)24-7-1-2-11(9-24)27-10-5-6-23-14(8-10)17(22)25/h3-6,8,11H,1-2,7,9H2,(H2,22,25). The first-order chi connectivity index (χ1) is 12.9. The van der Waals surface area contributed by atoms with E-state index < -0.39 is 40.9 Å². The second-order valence-corrected chi connectivity index (χ2v) is 6.10. The number of halogens is 3. The Morgan fingerprint density at radius 1 is 1.19 bits per heavy atom. The summed E-state index contributed by atoms with van der Waals surface area (Å²) >= 11 is 0. The van der Waals surface area contributed by atoms with Crippen LogP contribution < -0.4 is 10.5 Å². The Morgan fingerprint density at radius 3 is 2.70 bits per heavy atom. The zero-order chi connectivity index (χ0) is 19.6. The molecule has 2 N–H and O–H groups in total. The number of pyridine rings is 1. The maximum Gasteiger partial charge on any atom is 0.267 e. The maximum atomic E-state index is 13.9. The molecule has 0 saturated carbocycles. The highest BCUT2D eigenvalue weighted by molar-refractivity contribution is 5.94. The third-order valence-corrected chi connectivity index (χ3v) is 4.22. The number of hydrogen-bond acceptors (Lipinski definition) is 4. The minimum atomic E-state index is -1.68. The van der Waals surface area contributed by atoms with E-state index in [1.807, 2.05) is 0 Å². The zero-order valence-corrected chi connectivity index (χ0v) is 14.1. The molecule has 1 aliphatic heterocycles. The second-order valence-electron chi connectivity index (χ2n) is 6.10. The maximum absolute atomic E-state index is 13.9. The van der Waals surface area contributed by atoms with Crippen LogP contribution in [0.1, 0.15) is 33.7 Å². The number of likely N-dealkylation sites (tertiary alicyclic amines) is 1. The molecule has 27 heavy (non-hydrogen) atoms. The number of nitrogens with zero attached hydrogens (tertiary/aromatic N) is 2. The Balaban J connectivity index is 1.73. The number of ether oxygens (including phenoxy) is 1. The lowest BCUT2D eigenvalue weighted by atomic mass is 10.1. The highest BCUT2D eigenvalue weighted by Gasteiger charge is 2.29. The average molecular weight is 379 g/mol. The molecule has 2 aromatic rings. The van der Waals surface area contributed by atoms with Crippen LogP contribution in [0.5, 0.6) is 5.75 Å². The van der Waals surface area contributed by atoms with E-state index in [1.54, 1.807) is 6.07 Å². The van der Waals surface area contributed by atoms with Gasteiger partial charge in [0, 0.05) is 18.8 Å². The number of benzene rings is 1. The first-order valence-electron chi connectivity index (χ1n) is 8.22. The van der Waals surface area contributed by atoms with Gasteiger partial charge in [-0.2, -0.15) is 0 Å². The van der Waals surface area contributed by atoms with Crippen molar-refractivity contribution >= 4 is 11.8 Å². The molecule has 6 nitrogen and oxygen atoms in total. The van der Waals surface area contributed by atoms with E-state index in [0.29, 0.717) is 31.2 Å². The summed E-state index contributed by atoms with van der Waals surface area (Å²) in [5.41, 5.74) is 4.69. The lowest BCUT2D eigenvalue weighted by molar-refractivity contribution is 0.0532. The molecule has 0 radical (unpaired) electrons. The molecule has 1 aromatic heterocycles. The smallest absolute Gasteiger partial charge is 0.267 e. The minimum absolute atomic E-state index is 0.0418. The molecule has 1 unspecified atom stereocenters. The normalized spacial score (nSPS) is 16.9. The number of rotatable bonds is 4. The molecule has 1 saturated heterocycles. The number of primary amides is 1. The van der Waals surface area contributed by atoms with Gasteiger partial charge in [0.1, 0.15) is 17.5 Å². The van der Waals surface area contributed by atoms with Gasteiger partial charge in [-0.3, -0.25) is 14.6 Å². The van der Waals surface area contributed by atoms with E-state index in [9.17, 15) is 22.8 Å². The Morgan fingerprint density at radius 2 is 1.96 bits per heavy atom. The summed E-state index contributed by atoms with van der Waals surface area (Å²) in [5, 5.41) is 0. The number of nitrogens with two attached hydrogens (primary N) is 1. The molecule has 9 heteroatoms. The van der Waals surface area contributed by atoms with Crippen LogP contribution in [0.4, 0.5) is 13.2 Å². The van der Waals surface area contributed by atoms with Crippen molar-refractivity contribution in [2.24, 2.45) is 5.73 Å². The van der Waals surface area contributed by atoms with Gasteiger partial charge in [-0.1, -0.05) is 0 Å². The summed E-state index contributed by atoms with van der Waals surface area (Å²) in [7, 11) is 0. The number of amides is 2. The minimum Gasteiger partial charge on any atom is -0.488 e. The van der Waals surface area contributed by atoms with Gasteiger partial charge < -0.3 is 15.4 Å². The van der Waals surface area contributed by atoms with E-state index in [4.69, 9.17) is 10.5 Å². The molecule has 2 heterocycles. The van der Waals surface area contributed by atoms with Gasteiger partial charge in [0.05, 0.1) is 12.1 Å². The van der Waals surface area contributed by atoms with Crippen molar-refractivity contribution in [3.8, 4) is 5.75 Å². The molecule has 1 fully saturated rings. The molecule has 1 aromatic carbocycles. The summed E-state index contributed by atoms with van der Waals surface area (Å²) in [6.45, 7) is 0.464. The van der Waals surface area contributed by atoms with Gasteiger partial charge in [0.15, 0.2) is 17.5 Å². The summed E-state index contributed by atoms with van der Waals surface area (Å²) in [5.74, 6) is -5.63. The molecule has 142 valence electrons. The predicted octanol–water partition coefficient (Wildman–Crippen LogP) is 2.28. The molecule has 2 amide bonds. The van der Waals surface area contributed by atoms with Gasteiger partial charge in [-0.05, 0) is 31.0 Å². The van der Waals surface area contributed by atoms with Crippen molar-refractivity contribution in [1.29, 1.82) is 0 Å². The van der Waals surface area contributed by atoms with Crippen LogP contribution in [-0.2, 0) is 0 Å². The highest BCUT2D eigenvalue weighted by atomic mass is 19.2. The van der Waals surface area contributed by atoms with E-state index in [0.717, 1.165) is 6.07 Å². The average Bonchev–Trinajstić information content (AvgIpc) is 2.66. The summed E-state index contributed by atoms with van der Waals surface area (Å²) in [6, 6.07) is 4.56. The van der Waals surface area contributed by atoms with Gasteiger partial charge in [-0.15, -0.1) is 0 Å². The largest absolute Gasteiger partial charge is 0.488 e. The fourth-order valence-corrected chi connectivity index (χ4v) is 2.89. The molecule has 1 atom stereocenters. The quantitative estimate of drug-likeness (QED) is 0.826. The van der Waals surface area contributed by atoms with Crippen LogP contribution >= 0.6 is 0 Å². The lowest BCUT2D eigenvalue weighted by Gasteiger charge is -2.33. The molecule has 0 aliphatic carbocycles. The third-order valence-electron chi connectivity index (χ3n) is 4.22. The molecular formula is C18H16F3N3O3. The van der Waals surface area contributed by atoms with Crippen LogP contribution in [0.15, 0.2) is 30.5 Å². The van der Waals surface area contributed by atoms with Crippen LogP contribution in [0.2, 0.25) is 0 Å². The molecule has 1 aliphatic rings. The van der Waals surface area contributed by atoms with E-state index in [2.05, 4.69) is 4.98 Å². The van der Waals surface area contributed by atoms with Crippen molar-refractivity contribution in [3.05, 3.63) is 59.2 Å². The summed E-state index contributed by atoms with van der Waals surface area (Å²) in [6.07, 6.45) is 2.16. The van der Waals surface area contributed by atoms with E-state index >= 15 is 0 Å². The Labute approximate surface area is 152 Å². The van der Waals surface area contributed by atoms with Gasteiger partial charge >= 0.3 is 0 Å². The van der Waals surface area contributed by atoms with E-state index in [-0.39, 0.29) is 12.2 Å². The van der Waals surface area contributed by atoms with Crippen molar-refractivity contribution < 1.29 is 27.5 Å². The Hall–Kier alpha value is -3.10. The number of aromatic nitrogens is 1. The van der Waals surface area contributed by atoms with Crippen molar-refractivity contribution in [3.63, 3.8) is 0 Å². The van der Waals surface area contributed by atoms with Gasteiger partial charge in [0.25, 0.3) is 11.8 Å². The van der Waals surface area contributed by atoms with Crippen LogP contribution in [0, 0.1) is 17.5 Å². The topological polar surface area (TPSA) is 85.5 Å². The Kier molecular flexibility index (Phi) is 5.29. The molecule has 3 rings (SSSR count). The second kappa shape index (κ2) is 7.65. The predicted molar refractivity (Wildman–Crippen MR) is 88.6 cm³/mol. The van der Waals surface area contributed by atoms with Gasteiger partial charge in [0.2, 0.25) is 0 Å². The fraction of sp³-hybridized carbons (Fsp3) is 0.278. The third kappa shape index (κ3) is 4.02. The van der Waals surface area contributed by atoms with Gasteiger partial charge in [-0.25, -0.2) is 13.2 Å². The van der Waals surface area contributed by atoms with E-state index in [1.165, 1.54) is 17.2 Å².